The van der Waals surface area contributed by atoms with Crippen molar-refractivity contribution in [3.8, 4) is 5.75 Å². The first kappa shape index (κ1) is 19.1. The van der Waals surface area contributed by atoms with Gasteiger partial charge in [-0.15, -0.1) is 0 Å². The zero-order chi connectivity index (χ0) is 19.2. The predicted octanol–water partition coefficient (Wildman–Crippen LogP) is 2.71. The Bertz CT molecular complexity index is 770. The standard InChI is InChI=1S/C20H27N5O2/c1-4-24-10-12-25(13-11-24)19(26)18-14-15(3)21-20(23-18)22-16-6-8-17(9-7-16)27-5-2/h6-9,14H,4-5,10-13H2,1-3H3,(H,21,22,23). The fraction of sp³-hybridized carbons (Fsp3) is 0.450. The van der Waals surface area contributed by atoms with Gasteiger partial charge in [0.2, 0.25) is 5.95 Å². The smallest absolute Gasteiger partial charge is 0.272 e. The van der Waals surface area contributed by atoms with E-state index in [1.54, 1.807) is 6.07 Å². The first-order valence-corrected chi connectivity index (χ1v) is 9.46. The molecule has 1 fully saturated rings. The van der Waals surface area contributed by atoms with Crippen LogP contribution in [0.5, 0.6) is 5.75 Å². The Morgan fingerprint density at radius 2 is 1.81 bits per heavy atom. The van der Waals surface area contributed by atoms with Crippen molar-refractivity contribution in [3.05, 3.63) is 41.7 Å². The topological polar surface area (TPSA) is 70.6 Å². The van der Waals surface area contributed by atoms with Crippen LogP contribution in [0.25, 0.3) is 0 Å². The van der Waals surface area contributed by atoms with E-state index in [0.29, 0.717) is 18.2 Å². The van der Waals surface area contributed by atoms with Gasteiger partial charge < -0.3 is 19.9 Å². The predicted molar refractivity (Wildman–Crippen MR) is 106 cm³/mol. The summed E-state index contributed by atoms with van der Waals surface area (Å²) < 4.78 is 5.45. The number of benzene rings is 1. The number of aryl methyl sites for hydroxylation is 1. The third-order valence-corrected chi connectivity index (χ3v) is 4.60. The van der Waals surface area contributed by atoms with Crippen LogP contribution in [0.1, 0.15) is 30.0 Å². The molecule has 0 bridgehead atoms. The van der Waals surface area contributed by atoms with Crippen LogP contribution in [-0.2, 0) is 0 Å². The maximum Gasteiger partial charge on any atom is 0.272 e. The quantitative estimate of drug-likeness (QED) is 0.844. The Kier molecular flexibility index (Phi) is 6.24. The number of carbonyl (C=O) groups excluding carboxylic acids is 1. The van der Waals surface area contributed by atoms with Crippen molar-refractivity contribution < 1.29 is 9.53 Å². The van der Waals surface area contributed by atoms with E-state index in [1.165, 1.54) is 0 Å². The summed E-state index contributed by atoms with van der Waals surface area (Å²) in [6, 6.07) is 9.34. The number of aromatic nitrogens is 2. The Morgan fingerprint density at radius 3 is 2.44 bits per heavy atom. The van der Waals surface area contributed by atoms with Crippen LogP contribution in [0.3, 0.4) is 0 Å². The second-order valence-electron chi connectivity index (χ2n) is 6.53. The number of likely N-dealkylation sites (N-methyl/N-ethyl adjacent to an activating group) is 1. The number of nitrogens with zero attached hydrogens (tertiary/aromatic N) is 4. The van der Waals surface area contributed by atoms with Gasteiger partial charge in [0.25, 0.3) is 5.91 Å². The van der Waals surface area contributed by atoms with Crippen LogP contribution in [0.2, 0.25) is 0 Å². The largest absolute Gasteiger partial charge is 0.494 e. The minimum absolute atomic E-state index is 0.0361. The Labute approximate surface area is 160 Å². The molecular formula is C20H27N5O2. The van der Waals surface area contributed by atoms with Gasteiger partial charge in [0.05, 0.1) is 6.61 Å². The van der Waals surface area contributed by atoms with Gasteiger partial charge in [-0.25, -0.2) is 9.97 Å². The van der Waals surface area contributed by atoms with Crippen molar-refractivity contribution >= 4 is 17.5 Å². The number of amides is 1. The lowest BCUT2D eigenvalue weighted by Crippen LogP contribution is -2.48. The molecule has 1 aliphatic heterocycles. The van der Waals surface area contributed by atoms with Crippen molar-refractivity contribution in [1.29, 1.82) is 0 Å². The SMILES string of the molecule is CCOc1ccc(Nc2nc(C)cc(C(=O)N3CCN(CC)CC3)n2)cc1. The fourth-order valence-electron chi connectivity index (χ4n) is 3.09. The molecule has 0 saturated carbocycles. The number of rotatable bonds is 6. The van der Waals surface area contributed by atoms with Crippen LogP contribution in [0.15, 0.2) is 30.3 Å². The van der Waals surface area contributed by atoms with Gasteiger partial charge in [-0.2, -0.15) is 0 Å². The van der Waals surface area contributed by atoms with Crippen molar-refractivity contribution in [2.45, 2.75) is 20.8 Å². The summed E-state index contributed by atoms with van der Waals surface area (Å²) in [6.45, 7) is 10.9. The highest BCUT2D eigenvalue weighted by Crippen LogP contribution is 2.19. The maximum absolute atomic E-state index is 12.8. The first-order chi connectivity index (χ1) is 13.1. The lowest BCUT2D eigenvalue weighted by atomic mass is 10.2. The fourth-order valence-corrected chi connectivity index (χ4v) is 3.09. The van der Waals surface area contributed by atoms with Gasteiger partial charge in [0.1, 0.15) is 11.4 Å². The van der Waals surface area contributed by atoms with Gasteiger partial charge in [-0.1, -0.05) is 6.92 Å². The van der Waals surface area contributed by atoms with E-state index in [0.717, 1.165) is 49.9 Å². The highest BCUT2D eigenvalue weighted by molar-refractivity contribution is 5.92. The summed E-state index contributed by atoms with van der Waals surface area (Å²) in [5.41, 5.74) is 2.04. The van der Waals surface area contributed by atoms with Crippen molar-refractivity contribution in [3.63, 3.8) is 0 Å². The van der Waals surface area contributed by atoms with E-state index in [1.807, 2.05) is 43.0 Å². The highest BCUT2D eigenvalue weighted by atomic mass is 16.5. The van der Waals surface area contributed by atoms with E-state index in [-0.39, 0.29) is 5.91 Å². The molecule has 0 atom stereocenters. The normalized spacial score (nSPS) is 14.9. The summed E-state index contributed by atoms with van der Waals surface area (Å²) in [7, 11) is 0. The van der Waals surface area contributed by atoms with Crippen molar-refractivity contribution in [2.75, 3.05) is 44.6 Å². The monoisotopic (exact) mass is 369 g/mol. The average Bonchev–Trinajstić information content (AvgIpc) is 2.69. The molecule has 1 N–H and O–H groups in total. The summed E-state index contributed by atoms with van der Waals surface area (Å²) in [5, 5.41) is 3.17. The summed E-state index contributed by atoms with van der Waals surface area (Å²) in [6.07, 6.45) is 0. The molecule has 1 saturated heterocycles. The highest BCUT2D eigenvalue weighted by Gasteiger charge is 2.23. The van der Waals surface area contributed by atoms with Crippen LogP contribution >= 0.6 is 0 Å². The molecule has 7 heteroatoms. The molecule has 2 heterocycles. The van der Waals surface area contributed by atoms with Gasteiger partial charge in [-0.3, -0.25) is 4.79 Å². The van der Waals surface area contributed by atoms with E-state index in [4.69, 9.17) is 4.74 Å². The molecular weight excluding hydrogens is 342 g/mol. The van der Waals surface area contributed by atoms with Gasteiger partial charge >= 0.3 is 0 Å². The van der Waals surface area contributed by atoms with E-state index >= 15 is 0 Å². The van der Waals surface area contributed by atoms with Crippen molar-refractivity contribution in [1.82, 2.24) is 19.8 Å². The zero-order valence-corrected chi connectivity index (χ0v) is 16.2. The summed E-state index contributed by atoms with van der Waals surface area (Å²) in [5.74, 6) is 1.20. The summed E-state index contributed by atoms with van der Waals surface area (Å²) in [4.78, 5) is 25.9. The molecule has 1 aliphatic rings. The number of anilines is 2. The van der Waals surface area contributed by atoms with Crippen LogP contribution < -0.4 is 10.1 Å². The number of hydrogen-bond donors (Lipinski definition) is 1. The van der Waals surface area contributed by atoms with E-state index < -0.39 is 0 Å². The third-order valence-electron chi connectivity index (χ3n) is 4.60. The van der Waals surface area contributed by atoms with Gasteiger partial charge in [0.15, 0.2) is 0 Å². The molecule has 0 aliphatic carbocycles. The third kappa shape index (κ3) is 4.95. The first-order valence-electron chi connectivity index (χ1n) is 9.46. The molecule has 3 rings (SSSR count). The minimum Gasteiger partial charge on any atom is -0.494 e. The van der Waals surface area contributed by atoms with E-state index in [2.05, 4.69) is 27.1 Å². The van der Waals surface area contributed by atoms with Gasteiger partial charge in [0, 0.05) is 37.6 Å². The molecule has 0 spiro atoms. The maximum atomic E-state index is 12.8. The number of hydrogen-bond acceptors (Lipinski definition) is 6. The van der Waals surface area contributed by atoms with Crippen molar-refractivity contribution in [2.24, 2.45) is 0 Å². The molecule has 27 heavy (non-hydrogen) atoms. The number of ether oxygens (including phenoxy) is 1. The number of nitrogens with one attached hydrogen (secondary N) is 1. The Morgan fingerprint density at radius 1 is 1.11 bits per heavy atom. The van der Waals surface area contributed by atoms with Gasteiger partial charge in [-0.05, 0) is 50.7 Å². The molecule has 1 aromatic carbocycles. The summed E-state index contributed by atoms with van der Waals surface area (Å²) >= 11 is 0. The molecule has 0 radical (unpaired) electrons. The van der Waals surface area contributed by atoms with Crippen LogP contribution in [0.4, 0.5) is 11.6 Å². The van der Waals surface area contributed by atoms with Crippen LogP contribution in [0, 0.1) is 6.92 Å². The molecule has 1 amide bonds. The molecule has 0 unspecified atom stereocenters. The molecule has 2 aromatic rings. The second kappa shape index (κ2) is 8.81. The second-order valence-corrected chi connectivity index (χ2v) is 6.53. The lowest BCUT2D eigenvalue weighted by molar-refractivity contribution is 0.0637. The van der Waals surface area contributed by atoms with Crippen LogP contribution in [-0.4, -0.2) is 65.0 Å². The lowest BCUT2D eigenvalue weighted by Gasteiger charge is -2.33. The van der Waals surface area contributed by atoms with E-state index in [9.17, 15) is 4.79 Å². The zero-order valence-electron chi connectivity index (χ0n) is 16.2. The average molecular weight is 369 g/mol. The minimum atomic E-state index is -0.0361. The molecule has 7 nitrogen and oxygen atoms in total. The number of carbonyl (C=O) groups is 1. The Balaban J connectivity index is 1.71. The Hall–Kier alpha value is -2.67. The molecule has 144 valence electrons. The number of piperazine rings is 1. The molecule has 1 aromatic heterocycles.